The molecule has 1 aliphatic rings. The Hall–Kier alpha value is -1.89. The molecule has 5 N–H and O–H groups in total. The van der Waals surface area contributed by atoms with E-state index in [1.807, 2.05) is 20.8 Å². The van der Waals surface area contributed by atoms with Gasteiger partial charge < -0.3 is 40.0 Å². The van der Waals surface area contributed by atoms with Gasteiger partial charge in [-0.05, 0) is 53.9 Å². The maximum absolute atomic E-state index is 12.3. The summed E-state index contributed by atoms with van der Waals surface area (Å²) in [5.74, 6) is -1.82. The van der Waals surface area contributed by atoms with Crippen molar-refractivity contribution in [3.63, 3.8) is 0 Å². The molecule has 1 saturated heterocycles. The fourth-order valence-corrected chi connectivity index (χ4v) is 3.64. The summed E-state index contributed by atoms with van der Waals surface area (Å²) in [6, 6.07) is 0. The largest absolute Gasteiger partial charge is 0.478 e. The Morgan fingerprint density at radius 3 is 2.37 bits per heavy atom. The van der Waals surface area contributed by atoms with E-state index in [0.29, 0.717) is 26.1 Å². The fraction of sp³-hybridized carbons (Fsp3) is 0.792. The molecule has 1 amide bonds. The van der Waals surface area contributed by atoms with Gasteiger partial charge in [0, 0.05) is 36.1 Å². The summed E-state index contributed by atoms with van der Waals surface area (Å²) in [5.41, 5.74) is -0.476. The predicted octanol–water partition coefficient (Wildman–Crippen LogP) is 0.683. The van der Waals surface area contributed by atoms with Gasteiger partial charge in [0.2, 0.25) is 5.91 Å². The Balaban J connectivity index is 2.34. The van der Waals surface area contributed by atoms with Crippen molar-refractivity contribution in [3.05, 3.63) is 11.1 Å². The number of nitrogens with one attached hydrogen (secondary N) is 1. The molecule has 1 heterocycles. The number of ether oxygens (including phenoxy) is 3. The average Bonchev–Trinajstić information content (AvgIpc) is 2.75. The molecule has 0 saturated carbocycles. The molecule has 0 aromatic carbocycles. The third kappa shape index (κ3) is 11.1. The van der Waals surface area contributed by atoms with Gasteiger partial charge in [0.05, 0.1) is 25.4 Å². The van der Waals surface area contributed by atoms with E-state index in [0.717, 1.165) is 0 Å². The lowest BCUT2D eigenvalue weighted by molar-refractivity contribution is -0.257. The minimum atomic E-state index is -1.18. The van der Waals surface area contributed by atoms with Crippen molar-refractivity contribution in [2.75, 3.05) is 19.8 Å². The maximum Gasteiger partial charge on any atom is 0.331 e. The lowest BCUT2D eigenvalue weighted by Crippen LogP contribution is -2.50. The van der Waals surface area contributed by atoms with Crippen LogP contribution < -0.4 is 5.32 Å². The van der Waals surface area contributed by atoms with Gasteiger partial charge in [0.15, 0.2) is 12.1 Å². The molecule has 1 unspecified atom stereocenters. The van der Waals surface area contributed by atoms with Gasteiger partial charge in [0.25, 0.3) is 0 Å². The van der Waals surface area contributed by atoms with Crippen LogP contribution in [0.4, 0.5) is 0 Å². The first-order valence-corrected chi connectivity index (χ1v) is 11.9. The summed E-state index contributed by atoms with van der Waals surface area (Å²) < 4.78 is 16.8. The van der Waals surface area contributed by atoms with E-state index in [1.54, 1.807) is 0 Å². The standard InChI is InChI=1S/C24H41NO10/c1-14(8-10-34-21-12-18(28)22(30)19(13-26)35-21)33-11-9-24(4,5)25-20(29)7-6-17(16(3)27)15(2)23(31)32/h14,18-19,21-22,26,28,30H,6-13H2,1-5H3,(H,25,29)(H,31,32)/b17-15-/t14?,18-,19-,21-,22-/m0/s1. The van der Waals surface area contributed by atoms with Crippen LogP contribution in [0.25, 0.3) is 0 Å². The summed E-state index contributed by atoms with van der Waals surface area (Å²) in [5, 5.41) is 40.7. The molecule has 0 aliphatic carbocycles. The van der Waals surface area contributed by atoms with E-state index in [4.69, 9.17) is 19.3 Å². The van der Waals surface area contributed by atoms with Crippen molar-refractivity contribution in [2.24, 2.45) is 0 Å². The summed E-state index contributed by atoms with van der Waals surface area (Å²) in [7, 11) is 0. The molecule has 1 aliphatic heterocycles. The van der Waals surface area contributed by atoms with E-state index in [-0.39, 0.29) is 48.2 Å². The maximum atomic E-state index is 12.3. The molecule has 5 atom stereocenters. The first kappa shape index (κ1) is 31.1. The van der Waals surface area contributed by atoms with Gasteiger partial charge in [-0.1, -0.05) is 0 Å². The molecular formula is C24H41NO10. The number of hydrogen-bond donors (Lipinski definition) is 5. The molecule has 1 rings (SSSR count). The highest BCUT2D eigenvalue weighted by Crippen LogP contribution is 2.21. The van der Waals surface area contributed by atoms with Gasteiger partial charge >= 0.3 is 5.97 Å². The van der Waals surface area contributed by atoms with Gasteiger partial charge in [-0.2, -0.15) is 0 Å². The molecule has 11 nitrogen and oxygen atoms in total. The number of carbonyl (C=O) groups is 3. The summed E-state index contributed by atoms with van der Waals surface area (Å²) >= 11 is 0. The van der Waals surface area contributed by atoms with Crippen molar-refractivity contribution in [1.29, 1.82) is 0 Å². The van der Waals surface area contributed by atoms with Gasteiger partial charge in [0.1, 0.15) is 12.2 Å². The number of carboxylic acid groups (broad SMARTS) is 1. The predicted molar refractivity (Wildman–Crippen MR) is 125 cm³/mol. The lowest BCUT2D eigenvalue weighted by atomic mass is 9.98. The Labute approximate surface area is 206 Å². The molecule has 1 fully saturated rings. The van der Waals surface area contributed by atoms with Crippen LogP contribution in [0.3, 0.4) is 0 Å². The lowest BCUT2D eigenvalue weighted by Gasteiger charge is -2.36. The second kappa shape index (κ2) is 14.6. The topological polar surface area (TPSA) is 172 Å². The molecule has 11 heteroatoms. The highest BCUT2D eigenvalue weighted by atomic mass is 16.7. The third-order valence-electron chi connectivity index (χ3n) is 5.95. The van der Waals surface area contributed by atoms with Crippen molar-refractivity contribution < 1.29 is 49.0 Å². The highest BCUT2D eigenvalue weighted by Gasteiger charge is 2.36. The molecular weight excluding hydrogens is 462 g/mol. The Morgan fingerprint density at radius 2 is 1.80 bits per heavy atom. The molecule has 0 radical (unpaired) electrons. The highest BCUT2D eigenvalue weighted by molar-refractivity contribution is 6.02. The number of ketones is 1. The number of carboxylic acids is 1. The van der Waals surface area contributed by atoms with Crippen LogP contribution in [0.5, 0.6) is 0 Å². The van der Waals surface area contributed by atoms with E-state index in [2.05, 4.69) is 5.32 Å². The zero-order chi connectivity index (χ0) is 26.8. The van der Waals surface area contributed by atoms with Crippen LogP contribution in [0, 0.1) is 0 Å². The number of allylic oxidation sites excluding steroid dienone is 1. The SMILES string of the molecule is CC(=O)/C(CCC(=O)NC(C)(C)CCOC(C)CCO[C@@H]1C[C@H](O)[C@H](O)[C@H](CO)O1)=C(/C)C(=O)O. The number of carbonyl (C=O) groups excluding carboxylic acids is 2. The Kier molecular flexibility index (Phi) is 13.0. The summed E-state index contributed by atoms with van der Waals surface area (Å²) in [6.07, 6.45) is -2.66. The van der Waals surface area contributed by atoms with Crippen LogP contribution >= 0.6 is 0 Å². The van der Waals surface area contributed by atoms with Gasteiger partial charge in [-0.3, -0.25) is 9.59 Å². The Bertz CT molecular complexity index is 751. The smallest absolute Gasteiger partial charge is 0.331 e. The van der Waals surface area contributed by atoms with Crippen LogP contribution in [-0.2, 0) is 28.6 Å². The van der Waals surface area contributed by atoms with E-state index < -0.39 is 42.7 Å². The molecule has 0 aromatic rings. The van der Waals surface area contributed by atoms with Crippen LogP contribution in [0.1, 0.15) is 66.7 Å². The zero-order valence-corrected chi connectivity index (χ0v) is 21.3. The van der Waals surface area contributed by atoms with Crippen molar-refractivity contribution in [2.45, 2.75) is 103 Å². The molecule has 0 bridgehead atoms. The fourth-order valence-electron chi connectivity index (χ4n) is 3.64. The zero-order valence-electron chi connectivity index (χ0n) is 21.3. The first-order valence-electron chi connectivity index (χ1n) is 11.9. The number of aliphatic hydroxyl groups excluding tert-OH is 3. The minimum absolute atomic E-state index is 0.00363. The number of aliphatic hydroxyl groups is 3. The molecule has 202 valence electrons. The van der Waals surface area contributed by atoms with Crippen molar-refractivity contribution in [3.8, 4) is 0 Å². The summed E-state index contributed by atoms with van der Waals surface area (Å²) in [6.45, 7) is 8.49. The van der Waals surface area contributed by atoms with Crippen molar-refractivity contribution in [1.82, 2.24) is 5.32 Å². The molecule has 0 aromatic heterocycles. The second-order valence-corrected chi connectivity index (χ2v) is 9.57. The van der Waals surface area contributed by atoms with E-state index >= 15 is 0 Å². The third-order valence-corrected chi connectivity index (χ3v) is 5.95. The minimum Gasteiger partial charge on any atom is -0.478 e. The van der Waals surface area contributed by atoms with Crippen LogP contribution in [0.15, 0.2) is 11.1 Å². The molecule has 0 spiro atoms. The summed E-state index contributed by atoms with van der Waals surface area (Å²) in [4.78, 5) is 35.2. The van der Waals surface area contributed by atoms with Crippen molar-refractivity contribution >= 4 is 17.7 Å². The first-order chi connectivity index (χ1) is 16.3. The van der Waals surface area contributed by atoms with E-state index in [9.17, 15) is 29.7 Å². The normalized spacial score (nSPS) is 24.5. The average molecular weight is 504 g/mol. The monoisotopic (exact) mass is 503 g/mol. The Morgan fingerprint density at radius 1 is 1.14 bits per heavy atom. The van der Waals surface area contributed by atoms with Gasteiger partial charge in [-0.15, -0.1) is 0 Å². The number of hydrogen-bond acceptors (Lipinski definition) is 9. The van der Waals surface area contributed by atoms with Gasteiger partial charge in [-0.25, -0.2) is 4.79 Å². The number of aliphatic carboxylic acids is 1. The van der Waals surface area contributed by atoms with E-state index in [1.165, 1.54) is 13.8 Å². The number of rotatable bonds is 15. The van der Waals surface area contributed by atoms with Crippen LogP contribution in [0.2, 0.25) is 0 Å². The van der Waals surface area contributed by atoms with Crippen LogP contribution in [-0.4, -0.2) is 94.2 Å². The quantitative estimate of drug-likeness (QED) is 0.200. The number of Topliss-reactive ketones (excluding diaryl/α,β-unsaturated/α-hetero) is 1. The molecule has 35 heavy (non-hydrogen) atoms. The number of amides is 1. The second-order valence-electron chi connectivity index (χ2n) is 9.57.